The van der Waals surface area contributed by atoms with Gasteiger partial charge in [0.15, 0.2) is 5.67 Å². The second kappa shape index (κ2) is 12.4. The first-order valence-corrected chi connectivity index (χ1v) is 14.7. The Balaban J connectivity index is 1.53. The molecular formula is C29H37FN4O7S. The van der Waals surface area contributed by atoms with Crippen LogP contribution in [-0.4, -0.2) is 87.4 Å². The maximum absolute atomic E-state index is 14.4. The highest BCUT2D eigenvalue weighted by Gasteiger charge is 2.53. The number of likely N-dealkylation sites (tertiary alicyclic amines) is 1. The zero-order valence-electron chi connectivity index (χ0n) is 24.1. The molecule has 1 aromatic carbocycles. The van der Waals surface area contributed by atoms with Gasteiger partial charge in [0, 0.05) is 13.0 Å². The summed E-state index contributed by atoms with van der Waals surface area (Å²) in [6.45, 7) is 6.22. The predicted octanol–water partition coefficient (Wildman–Crippen LogP) is 2.37. The predicted molar refractivity (Wildman–Crippen MR) is 152 cm³/mol. The minimum Gasteiger partial charge on any atom is -0.480 e. The lowest BCUT2D eigenvalue weighted by molar-refractivity contribution is -0.145. The SMILES string of the molecule is Cc1ncsc1-c1ccc(C(COCC(=O)O)NC(=O)[C@@H]2C[C@@H](O)CN2C(=O)[C@@H](NC(=O)C2(F)CC2)C(C)(C)C)cc1. The Labute approximate surface area is 247 Å². The zero-order chi connectivity index (χ0) is 30.8. The Bertz CT molecular complexity index is 1320. The molecule has 1 aliphatic heterocycles. The van der Waals surface area contributed by atoms with E-state index < -0.39 is 65.6 Å². The highest BCUT2D eigenvalue weighted by molar-refractivity contribution is 7.13. The number of nitrogens with one attached hydrogen (secondary N) is 2. The number of benzene rings is 1. The van der Waals surface area contributed by atoms with Crippen molar-refractivity contribution in [1.29, 1.82) is 0 Å². The number of hydrogen-bond donors (Lipinski definition) is 4. The monoisotopic (exact) mass is 604 g/mol. The molecular weight excluding hydrogens is 567 g/mol. The number of aromatic nitrogens is 1. The number of amides is 3. The number of aliphatic carboxylic acids is 1. The number of thiazole rings is 1. The fraction of sp³-hybridized carbons (Fsp3) is 0.552. The van der Waals surface area contributed by atoms with Crippen molar-refractivity contribution in [1.82, 2.24) is 20.5 Å². The molecule has 0 bridgehead atoms. The van der Waals surface area contributed by atoms with Crippen LogP contribution in [0.2, 0.25) is 0 Å². The van der Waals surface area contributed by atoms with Crippen LogP contribution in [0.25, 0.3) is 10.4 Å². The van der Waals surface area contributed by atoms with Gasteiger partial charge in [-0.1, -0.05) is 45.0 Å². The van der Waals surface area contributed by atoms with Crippen molar-refractivity contribution < 1.29 is 38.5 Å². The van der Waals surface area contributed by atoms with Crippen molar-refractivity contribution in [3.63, 3.8) is 0 Å². The van der Waals surface area contributed by atoms with Crippen LogP contribution in [0.1, 0.15) is 57.3 Å². The molecule has 2 aromatic rings. The number of nitrogens with zero attached hydrogens (tertiary/aromatic N) is 2. The van der Waals surface area contributed by atoms with E-state index >= 15 is 0 Å². The van der Waals surface area contributed by atoms with Crippen LogP contribution in [0.3, 0.4) is 0 Å². The van der Waals surface area contributed by atoms with E-state index in [1.54, 1.807) is 38.4 Å². The molecule has 4 N–H and O–H groups in total. The van der Waals surface area contributed by atoms with E-state index in [1.807, 2.05) is 19.1 Å². The van der Waals surface area contributed by atoms with E-state index in [1.165, 1.54) is 16.2 Å². The van der Waals surface area contributed by atoms with Crippen molar-refractivity contribution in [2.24, 2.45) is 5.41 Å². The summed E-state index contributed by atoms with van der Waals surface area (Å²) in [4.78, 5) is 57.4. The van der Waals surface area contributed by atoms with Gasteiger partial charge in [0.1, 0.15) is 18.7 Å². The van der Waals surface area contributed by atoms with E-state index in [-0.39, 0.29) is 32.4 Å². The van der Waals surface area contributed by atoms with Gasteiger partial charge < -0.3 is 30.5 Å². The van der Waals surface area contributed by atoms with Gasteiger partial charge in [-0.05, 0) is 36.3 Å². The number of hydrogen-bond acceptors (Lipinski definition) is 8. The molecule has 4 atom stereocenters. The molecule has 1 saturated carbocycles. The Morgan fingerprint density at radius 3 is 2.40 bits per heavy atom. The van der Waals surface area contributed by atoms with Crippen LogP contribution in [0.5, 0.6) is 0 Å². The average molecular weight is 605 g/mol. The molecule has 13 heteroatoms. The Morgan fingerprint density at radius 2 is 1.86 bits per heavy atom. The smallest absolute Gasteiger partial charge is 0.329 e. The van der Waals surface area contributed by atoms with E-state index in [9.17, 15) is 28.7 Å². The number of alkyl halides is 1. The quantitative estimate of drug-likeness (QED) is 0.304. The van der Waals surface area contributed by atoms with Gasteiger partial charge in [-0.3, -0.25) is 14.4 Å². The minimum absolute atomic E-state index is 0.0400. The van der Waals surface area contributed by atoms with Crippen molar-refractivity contribution in [2.75, 3.05) is 19.8 Å². The lowest BCUT2D eigenvalue weighted by Gasteiger charge is -2.36. The van der Waals surface area contributed by atoms with Crippen LogP contribution in [0.15, 0.2) is 29.8 Å². The van der Waals surface area contributed by atoms with E-state index in [4.69, 9.17) is 9.84 Å². The third-order valence-corrected chi connectivity index (χ3v) is 8.47. The molecule has 4 rings (SSSR count). The van der Waals surface area contributed by atoms with Crippen LogP contribution in [0, 0.1) is 12.3 Å². The minimum atomic E-state index is -1.98. The van der Waals surface area contributed by atoms with Gasteiger partial charge in [-0.2, -0.15) is 0 Å². The average Bonchev–Trinajstić information content (AvgIpc) is 3.33. The Morgan fingerprint density at radius 1 is 1.19 bits per heavy atom. The van der Waals surface area contributed by atoms with Crippen LogP contribution in [-0.2, 0) is 23.9 Å². The van der Waals surface area contributed by atoms with Crippen LogP contribution in [0.4, 0.5) is 4.39 Å². The molecule has 3 amide bonds. The Hall–Kier alpha value is -3.42. The van der Waals surface area contributed by atoms with Gasteiger partial charge in [0.2, 0.25) is 11.8 Å². The summed E-state index contributed by atoms with van der Waals surface area (Å²) in [5.74, 6) is -3.19. The molecule has 0 radical (unpaired) electrons. The lowest BCUT2D eigenvalue weighted by Crippen LogP contribution is -2.59. The van der Waals surface area contributed by atoms with Crippen LogP contribution < -0.4 is 10.6 Å². The molecule has 1 unspecified atom stereocenters. The molecule has 1 saturated heterocycles. The maximum Gasteiger partial charge on any atom is 0.329 e. The van der Waals surface area contributed by atoms with Crippen molar-refractivity contribution >= 4 is 35.0 Å². The topological polar surface area (TPSA) is 158 Å². The number of carbonyl (C=O) groups is 4. The van der Waals surface area contributed by atoms with E-state index in [0.29, 0.717) is 5.56 Å². The van der Waals surface area contributed by atoms with Gasteiger partial charge in [-0.25, -0.2) is 14.2 Å². The third-order valence-electron chi connectivity index (χ3n) is 7.50. The first-order chi connectivity index (χ1) is 19.7. The number of carboxylic acids is 1. The molecule has 228 valence electrons. The first kappa shape index (κ1) is 31.5. The highest BCUT2D eigenvalue weighted by Crippen LogP contribution is 2.40. The standard InChI is InChI=1S/C29H37FN4O7S/c1-16-23(42-15-31-16)18-7-5-17(6-8-18)20(13-41-14-22(36)37)32-25(38)21-11-19(35)12-34(21)26(39)24(28(2,3)4)33-27(40)29(30)9-10-29/h5-8,15,19-21,24,35H,9-14H2,1-4H3,(H,32,38)(H,33,40)(H,36,37)/t19-,20?,21+,24-/m1/s1. The zero-order valence-corrected chi connectivity index (χ0v) is 24.9. The second-order valence-corrected chi connectivity index (χ2v) is 12.8. The number of carbonyl (C=O) groups excluding carboxylic acids is 3. The molecule has 2 aliphatic rings. The largest absolute Gasteiger partial charge is 0.480 e. The van der Waals surface area contributed by atoms with Gasteiger partial charge in [-0.15, -0.1) is 11.3 Å². The summed E-state index contributed by atoms with van der Waals surface area (Å²) >= 11 is 1.50. The van der Waals surface area contributed by atoms with Gasteiger partial charge in [0.05, 0.1) is 34.8 Å². The molecule has 1 aliphatic carbocycles. The van der Waals surface area contributed by atoms with Gasteiger partial charge >= 0.3 is 5.97 Å². The summed E-state index contributed by atoms with van der Waals surface area (Å²) in [6, 6.07) is 4.37. The third kappa shape index (κ3) is 7.31. The van der Waals surface area contributed by atoms with Crippen LogP contribution >= 0.6 is 11.3 Å². The Kier molecular flexibility index (Phi) is 9.33. The van der Waals surface area contributed by atoms with E-state index in [2.05, 4.69) is 15.6 Å². The normalized spacial score (nSPS) is 21.0. The van der Waals surface area contributed by atoms with Crippen molar-refractivity contribution in [2.45, 2.75) is 76.9 Å². The fourth-order valence-corrected chi connectivity index (χ4v) is 5.73. The molecule has 1 aromatic heterocycles. The number of β-amino-alcohol motifs (C(OH)–C–C–N with tert-alkyl or cyclic N) is 1. The molecule has 2 heterocycles. The van der Waals surface area contributed by atoms with Crippen molar-refractivity contribution in [3.05, 3.63) is 41.0 Å². The van der Waals surface area contributed by atoms with E-state index in [0.717, 1.165) is 16.1 Å². The first-order valence-electron chi connectivity index (χ1n) is 13.8. The van der Waals surface area contributed by atoms with Gasteiger partial charge in [0.25, 0.3) is 5.91 Å². The molecule has 11 nitrogen and oxygen atoms in total. The molecule has 0 spiro atoms. The number of rotatable bonds is 11. The number of aryl methyl sites for hydroxylation is 1. The number of aliphatic hydroxyl groups excluding tert-OH is 1. The summed E-state index contributed by atoms with van der Waals surface area (Å²) in [5.41, 5.74) is 1.42. The maximum atomic E-state index is 14.4. The fourth-order valence-electron chi connectivity index (χ4n) is 4.92. The summed E-state index contributed by atoms with van der Waals surface area (Å²) in [7, 11) is 0. The van der Waals surface area contributed by atoms with Crippen molar-refractivity contribution in [3.8, 4) is 10.4 Å². The summed E-state index contributed by atoms with van der Waals surface area (Å²) in [5, 5.41) is 24.9. The molecule has 42 heavy (non-hydrogen) atoms. The molecule has 2 fully saturated rings. The summed E-state index contributed by atoms with van der Waals surface area (Å²) < 4.78 is 19.8. The number of halogens is 1. The number of aliphatic hydroxyl groups is 1. The summed E-state index contributed by atoms with van der Waals surface area (Å²) in [6.07, 6.45) is -0.844. The highest BCUT2D eigenvalue weighted by atomic mass is 32.1. The second-order valence-electron chi connectivity index (χ2n) is 12.0. The number of ether oxygens (including phenoxy) is 1. The number of carboxylic acid groups (broad SMARTS) is 1. The lowest BCUT2D eigenvalue weighted by atomic mass is 9.85.